The topological polar surface area (TPSA) is 38.0 Å². The van der Waals surface area contributed by atoms with Crippen LogP contribution < -0.4 is 11.1 Å². The normalized spacial score (nSPS) is 17.5. The molecule has 0 aliphatic heterocycles. The first kappa shape index (κ1) is 10.3. The summed E-state index contributed by atoms with van der Waals surface area (Å²) in [5.41, 5.74) is 9.02. The van der Waals surface area contributed by atoms with Gasteiger partial charge in [0.1, 0.15) is 0 Å². The maximum Gasteiger partial charge on any atom is 0.0365 e. The fourth-order valence-electron chi connectivity index (χ4n) is 2.09. The molecule has 1 unspecified atom stereocenters. The van der Waals surface area contributed by atoms with Gasteiger partial charge >= 0.3 is 0 Å². The summed E-state index contributed by atoms with van der Waals surface area (Å²) in [6.45, 7) is 4.32. The third-order valence-corrected chi connectivity index (χ3v) is 2.90. The highest BCUT2D eigenvalue weighted by Gasteiger charge is 2.23. The van der Waals surface area contributed by atoms with Gasteiger partial charge in [0.2, 0.25) is 0 Å². The van der Waals surface area contributed by atoms with E-state index in [0.29, 0.717) is 6.04 Å². The van der Waals surface area contributed by atoms with Gasteiger partial charge in [-0.2, -0.15) is 0 Å². The highest BCUT2D eigenvalue weighted by molar-refractivity contribution is 5.57. The molecule has 1 aromatic carbocycles. The molecule has 2 nitrogen and oxygen atoms in total. The molecule has 1 aromatic rings. The molecule has 1 aliphatic carbocycles. The molecular weight excluding hydrogens is 184 g/mol. The first-order chi connectivity index (χ1) is 7.13. The van der Waals surface area contributed by atoms with Gasteiger partial charge in [-0.25, -0.2) is 0 Å². The Hall–Kier alpha value is -1.18. The van der Waals surface area contributed by atoms with E-state index in [1.807, 2.05) is 12.1 Å². The molecule has 0 saturated heterocycles. The second-order valence-corrected chi connectivity index (χ2v) is 4.86. The van der Waals surface area contributed by atoms with Crippen LogP contribution in [0.1, 0.15) is 31.7 Å². The molecule has 3 N–H and O–H groups in total. The quantitative estimate of drug-likeness (QED) is 0.739. The van der Waals surface area contributed by atoms with E-state index in [0.717, 1.165) is 17.3 Å². The van der Waals surface area contributed by atoms with Gasteiger partial charge in [-0.05, 0) is 49.9 Å². The van der Waals surface area contributed by atoms with E-state index in [-0.39, 0.29) is 0 Å². The smallest absolute Gasteiger partial charge is 0.0365 e. The van der Waals surface area contributed by atoms with Gasteiger partial charge in [0.25, 0.3) is 0 Å². The molecule has 2 rings (SSSR count). The van der Waals surface area contributed by atoms with Crippen LogP contribution >= 0.6 is 0 Å². The summed E-state index contributed by atoms with van der Waals surface area (Å²) >= 11 is 0. The summed E-state index contributed by atoms with van der Waals surface area (Å²) in [5, 5.41) is 3.51. The number of aryl methyl sites for hydroxylation is 1. The van der Waals surface area contributed by atoms with Crippen molar-refractivity contribution in [3.8, 4) is 0 Å². The molecule has 82 valence electrons. The first-order valence-electron chi connectivity index (χ1n) is 5.77. The molecule has 0 heterocycles. The van der Waals surface area contributed by atoms with Gasteiger partial charge in [-0.1, -0.05) is 12.8 Å². The number of nitrogens with two attached hydrogens (primary N) is 1. The van der Waals surface area contributed by atoms with Crippen LogP contribution in [0.4, 0.5) is 11.4 Å². The Labute approximate surface area is 91.9 Å². The van der Waals surface area contributed by atoms with Gasteiger partial charge in [-0.15, -0.1) is 0 Å². The number of benzene rings is 1. The molecule has 0 aromatic heterocycles. The van der Waals surface area contributed by atoms with Crippen molar-refractivity contribution in [2.24, 2.45) is 5.92 Å². The SMILES string of the molecule is Cc1cc(N)cc(NC(C)CC2CC2)c1. The zero-order chi connectivity index (χ0) is 10.8. The fourth-order valence-corrected chi connectivity index (χ4v) is 2.09. The van der Waals surface area contributed by atoms with E-state index in [1.54, 1.807) is 0 Å². The van der Waals surface area contributed by atoms with E-state index >= 15 is 0 Å². The van der Waals surface area contributed by atoms with Crippen molar-refractivity contribution < 1.29 is 0 Å². The number of rotatable bonds is 4. The minimum atomic E-state index is 0.554. The predicted octanol–water partition coefficient (Wildman–Crippen LogP) is 3.18. The van der Waals surface area contributed by atoms with Crippen molar-refractivity contribution in [3.63, 3.8) is 0 Å². The lowest BCUT2D eigenvalue weighted by Crippen LogP contribution is -2.15. The molecule has 0 radical (unpaired) electrons. The summed E-state index contributed by atoms with van der Waals surface area (Å²) in [6.07, 6.45) is 4.12. The van der Waals surface area contributed by atoms with E-state index in [4.69, 9.17) is 5.73 Å². The Morgan fingerprint density at radius 3 is 2.73 bits per heavy atom. The van der Waals surface area contributed by atoms with Crippen LogP contribution in [0, 0.1) is 12.8 Å². The Morgan fingerprint density at radius 2 is 2.13 bits per heavy atom. The minimum absolute atomic E-state index is 0.554. The molecule has 1 aliphatic rings. The second kappa shape index (κ2) is 4.13. The van der Waals surface area contributed by atoms with Gasteiger partial charge in [0.15, 0.2) is 0 Å². The lowest BCUT2D eigenvalue weighted by molar-refractivity contribution is 0.642. The number of nitrogens with one attached hydrogen (secondary N) is 1. The third kappa shape index (κ3) is 3.15. The van der Waals surface area contributed by atoms with Crippen LogP contribution in [0.2, 0.25) is 0 Å². The summed E-state index contributed by atoms with van der Waals surface area (Å²) in [7, 11) is 0. The zero-order valence-electron chi connectivity index (χ0n) is 9.59. The summed E-state index contributed by atoms with van der Waals surface area (Å²) in [5.74, 6) is 0.967. The van der Waals surface area contributed by atoms with E-state index in [9.17, 15) is 0 Å². The van der Waals surface area contributed by atoms with Gasteiger partial charge in [0.05, 0.1) is 0 Å². The lowest BCUT2D eigenvalue weighted by atomic mass is 10.1. The van der Waals surface area contributed by atoms with E-state index in [1.165, 1.54) is 24.8 Å². The Balaban J connectivity index is 1.96. The van der Waals surface area contributed by atoms with Crippen LogP contribution in [0.5, 0.6) is 0 Å². The van der Waals surface area contributed by atoms with Crippen molar-refractivity contribution in [2.75, 3.05) is 11.1 Å². The maximum absolute atomic E-state index is 5.81. The van der Waals surface area contributed by atoms with Gasteiger partial charge < -0.3 is 11.1 Å². The van der Waals surface area contributed by atoms with E-state index < -0.39 is 0 Å². The third-order valence-electron chi connectivity index (χ3n) is 2.90. The van der Waals surface area contributed by atoms with Crippen LogP contribution in [-0.2, 0) is 0 Å². The van der Waals surface area contributed by atoms with E-state index in [2.05, 4.69) is 25.2 Å². The van der Waals surface area contributed by atoms with Gasteiger partial charge in [-0.3, -0.25) is 0 Å². The summed E-state index contributed by atoms with van der Waals surface area (Å²) in [6, 6.07) is 6.71. The van der Waals surface area contributed by atoms with Crippen molar-refractivity contribution in [3.05, 3.63) is 23.8 Å². The molecule has 15 heavy (non-hydrogen) atoms. The number of anilines is 2. The summed E-state index contributed by atoms with van der Waals surface area (Å²) in [4.78, 5) is 0. The molecule has 1 atom stereocenters. The average Bonchev–Trinajstić information content (AvgIpc) is 2.85. The summed E-state index contributed by atoms with van der Waals surface area (Å²) < 4.78 is 0. The molecule has 0 spiro atoms. The molecule has 1 saturated carbocycles. The molecule has 1 fully saturated rings. The van der Waals surface area contributed by atoms with Crippen molar-refractivity contribution in [1.82, 2.24) is 0 Å². The monoisotopic (exact) mass is 204 g/mol. The van der Waals surface area contributed by atoms with Crippen molar-refractivity contribution in [1.29, 1.82) is 0 Å². The predicted molar refractivity (Wildman–Crippen MR) is 66.0 cm³/mol. The first-order valence-corrected chi connectivity index (χ1v) is 5.77. The standard InChI is InChI=1S/C13H20N2/c1-9-5-12(14)8-13(6-9)15-10(2)7-11-3-4-11/h5-6,8,10-11,15H,3-4,7,14H2,1-2H3. The van der Waals surface area contributed by atoms with Crippen LogP contribution in [-0.4, -0.2) is 6.04 Å². The van der Waals surface area contributed by atoms with Crippen LogP contribution in [0.25, 0.3) is 0 Å². The Bertz CT molecular complexity index is 322. The lowest BCUT2D eigenvalue weighted by Gasteiger charge is -2.15. The maximum atomic E-state index is 5.81. The molecule has 0 bridgehead atoms. The highest BCUT2D eigenvalue weighted by Crippen LogP contribution is 2.34. The average molecular weight is 204 g/mol. The second-order valence-electron chi connectivity index (χ2n) is 4.86. The number of hydrogen-bond acceptors (Lipinski definition) is 2. The largest absolute Gasteiger partial charge is 0.399 e. The molecule has 2 heteroatoms. The highest BCUT2D eigenvalue weighted by atomic mass is 14.9. The number of nitrogen functional groups attached to an aromatic ring is 1. The van der Waals surface area contributed by atoms with Crippen LogP contribution in [0.3, 0.4) is 0 Å². The fraction of sp³-hybridized carbons (Fsp3) is 0.538. The van der Waals surface area contributed by atoms with Crippen molar-refractivity contribution in [2.45, 2.75) is 39.2 Å². The minimum Gasteiger partial charge on any atom is -0.399 e. The molecule has 0 amide bonds. The Morgan fingerprint density at radius 1 is 1.40 bits per heavy atom. The Kier molecular flexibility index (Phi) is 2.85. The van der Waals surface area contributed by atoms with Gasteiger partial charge in [0, 0.05) is 17.4 Å². The zero-order valence-corrected chi connectivity index (χ0v) is 9.59. The van der Waals surface area contributed by atoms with Crippen LogP contribution in [0.15, 0.2) is 18.2 Å². The number of hydrogen-bond donors (Lipinski definition) is 2. The molecular formula is C13H20N2. The van der Waals surface area contributed by atoms with Crippen molar-refractivity contribution >= 4 is 11.4 Å².